The predicted molar refractivity (Wildman–Crippen MR) is 118 cm³/mol. The number of aliphatic hydroxyl groups excluding tert-OH is 1. The van der Waals surface area contributed by atoms with E-state index < -0.39 is 0 Å². The minimum Gasteiger partial charge on any atom is -0.469 e. The van der Waals surface area contributed by atoms with Gasteiger partial charge in [0, 0.05) is 13.0 Å². The van der Waals surface area contributed by atoms with E-state index in [2.05, 4.69) is 4.74 Å². The molecule has 0 spiro atoms. The summed E-state index contributed by atoms with van der Waals surface area (Å²) >= 11 is 0. The first-order chi connectivity index (χ1) is 14.1. The Bertz CT molecular complexity index is 383. The Labute approximate surface area is 178 Å². The van der Waals surface area contributed by atoms with Gasteiger partial charge in [0.1, 0.15) is 0 Å². The number of aliphatic hydroxyl groups is 1. The molecule has 172 valence electrons. The van der Waals surface area contributed by atoms with Crippen LogP contribution in [0.1, 0.15) is 116 Å². The van der Waals surface area contributed by atoms with Gasteiger partial charge in [0.25, 0.3) is 0 Å². The lowest BCUT2D eigenvalue weighted by molar-refractivity contribution is -0.148. The van der Waals surface area contributed by atoms with E-state index in [-0.39, 0.29) is 17.9 Å². The molecule has 1 N–H and O–H groups in total. The minimum absolute atomic E-state index is 0.00630. The van der Waals surface area contributed by atoms with Crippen LogP contribution in [0.2, 0.25) is 0 Å². The Morgan fingerprint density at radius 3 is 1.76 bits per heavy atom. The fourth-order valence-corrected chi connectivity index (χ4v) is 3.41. The largest absolute Gasteiger partial charge is 0.469 e. The highest BCUT2D eigenvalue weighted by atomic mass is 16.5. The summed E-state index contributed by atoms with van der Waals surface area (Å²) in [7, 11) is 1.43. The van der Waals surface area contributed by atoms with Crippen LogP contribution in [-0.4, -0.2) is 37.4 Å². The van der Waals surface area contributed by atoms with Gasteiger partial charge in [-0.15, -0.1) is 0 Å². The summed E-state index contributed by atoms with van der Waals surface area (Å²) in [5, 5.41) is 8.73. The molecule has 29 heavy (non-hydrogen) atoms. The Hall–Kier alpha value is -1.10. The summed E-state index contributed by atoms with van der Waals surface area (Å²) in [4.78, 5) is 23.0. The summed E-state index contributed by atoms with van der Waals surface area (Å²) < 4.78 is 10.0. The van der Waals surface area contributed by atoms with Gasteiger partial charge in [0.15, 0.2) is 0 Å². The van der Waals surface area contributed by atoms with E-state index >= 15 is 0 Å². The lowest BCUT2D eigenvalue weighted by Gasteiger charge is -2.11. The van der Waals surface area contributed by atoms with Crippen molar-refractivity contribution in [2.45, 2.75) is 116 Å². The Morgan fingerprint density at radius 2 is 1.21 bits per heavy atom. The lowest BCUT2D eigenvalue weighted by atomic mass is 10.0. The molecule has 0 aliphatic heterocycles. The molecule has 1 unspecified atom stereocenters. The molecule has 0 saturated heterocycles. The van der Waals surface area contributed by atoms with Crippen molar-refractivity contribution in [3.8, 4) is 0 Å². The molecular formula is C24H46O5. The molecule has 5 nitrogen and oxygen atoms in total. The zero-order chi connectivity index (χ0) is 21.6. The molecule has 0 heterocycles. The van der Waals surface area contributed by atoms with Gasteiger partial charge in [-0.05, 0) is 25.7 Å². The molecule has 1 atom stereocenters. The average molecular weight is 415 g/mol. The Balaban J connectivity index is 3.36. The van der Waals surface area contributed by atoms with Gasteiger partial charge in [-0.1, -0.05) is 84.0 Å². The SMILES string of the molecule is COC(=O)CCCCCCCCOC(=O)C(C)CCCCCCCCCCCO. The molecule has 5 heteroatoms. The Kier molecular flexibility index (Phi) is 20.8. The molecule has 0 radical (unpaired) electrons. The molecule has 0 rings (SSSR count). The molecule has 0 amide bonds. The van der Waals surface area contributed by atoms with Crippen LogP contribution in [0.15, 0.2) is 0 Å². The zero-order valence-corrected chi connectivity index (χ0v) is 19.1. The number of methoxy groups -OCH3 is 1. The van der Waals surface area contributed by atoms with Gasteiger partial charge in [-0.2, -0.15) is 0 Å². The van der Waals surface area contributed by atoms with Crippen molar-refractivity contribution < 1.29 is 24.2 Å². The average Bonchev–Trinajstić information content (AvgIpc) is 2.73. The quantitative estimate of drug-likeness (QED) is 0.185. The zero-order valence-electron chi connectivity index (χ0n) is 19.1. The Morgan fingerprint density at radius 1 is 0.724 bits per heavy atom. The maximum atomic E-state index is 12.0. The standard InChI is InChI=1S/C24H46O5/c1-22(18-14-10-6-4-3-5-8-12-16-20-25)24(27)29-21-17-13-9-7-11-15-19-23(26)28-2/h22,25H,3-21H2,1-2H3. The van der Waals surface area contributed by atoms with Crippen LogP contribution in [0.4, 0.5) is 0 Å². The second kappa shape index (κ2) is 21.6. The molecule has 0 aromatic rings. The van der Waals surface area contributed by atoms with Gasteiger partial charge < -0.3 is 14.6 Å². The lowest BCUT2D eigenvalue weighted by Crippen LogP contribution is -2.15. The third-order valence-electron chi connectivity index (χ3n) is 5.44. The van der Waals surface area contributed by atoms with Crippen molar-refractivity contribution >= 4 is 11.9 Å². The van der Waals surface area contributed by atoms with Crippen LogP contribution < -0.4 is 0 Å². The minimum atomic E-state index is -0.128. The highest BCUT2D eigenvalue weighted by Gasteiger charge is 2.13. The van der Waals surface area contributed by atoms with Gasteiger partial charge in [-0.3, -0.25) is 9.59 Å². The summed E-state index contributed by atoms with van der Waals surface area (Å²) in [6.45, 7) is 2.83. The number of hydrogen-bond donors (Lipinski definition) is 1. The van der Waals surface area contributed by atoms with Gasteiger partial charge in [0.05, 0.1) is 19.6 Å². The van der Waals surface area contributed by atoms with E-state index in [1.54, 1.807) is 0 Å². The number of ether oxygens (including phenoxy) is 2. The van der Waals surface area contributed by atoms with E-state index in [1.165, 1.54) is 45.6 Å². The van der Waals surface area contributed by atoms with Crippen molar-refractivity contribution in [2.75, 3.05) is 20.3 Å². The molecule has 0 aromatic heterocycles. The van der Waals surface area contributed by atoms with Crippen LogP contribution in [0, 0.1) is 5.92 Å². The summed E-state index contributed by atoms with van der Waals surface area (Å²) in [5.74, 6) is -0.171. The van der Waals surface area contributed by atoms with E-state index in [0.717, 1.165) is 64.2 Å². The highest BCUT2D eigenvalue weighted by molar-refractivity contribution is 5.71. The maximum absolute atomic E-state index is 12.0. The molecule has 0 aliphatic carbocycles. The first-order valence-electron chi connectivity index (χ1n) is 12.0. The summed E-state index contributed by atoms with van der Waals surface area (Å²) in [5.41, 5.74) is 0. The monoisotopic (exact) mass is 414 g/mol. The van der Waals surface area contributed by atoms with Crippen molar-refractivity contribution in [3.63, 3.8) is 0 Å². The number of unbranched alkanes of at least 4 members (excludes halogenated alkanes) is 13. The topological polar surface area (TPSA) is 72.8 Å². The molecule has 0 bridgehead atoms. The van der Waals surface area contributed by atoms with E-state index in [9.17, 15) is 9.59 Å². The number of rotatable bonds is 21. The van der Waals surface area contributed by atoms with E-state index in [0.29, 0.717) is 19.6 Å². The van der Waals surface area contributed by atoms with Gasteiger partial charge in [0.2, 0.25) is 0 Å². The van der Waals surface area contributed by atoms with E-state index in [4.69, 9.17) is 9.84 Å². The summed E-state index contributed by atoms with van der Waals surface area (Å²) in [6.07, 6.45) is 18.3. The molecule has 0 aliphatic rings. The maximum Gasteiger partial charge on any atom is 0.308 e. The molecule has 0 saturated carbocycles. The van der Waals surface area contributed by atoms with Crippen molar-refractivity contribution in [3.05, 3.63) is 0 Å². The number of hydrogen-bond acceptors (Lipinski definition) is 5. The highest BCUT2D eigenvalue weighted by Crippen LogP contribution is 2.15. The molecular weight excluding hydrogens is 368 g/mol. The smallest absolute Gasteiger partial charge is 0.308 e. The molecule has 0 fully saturated rings. The second-order valence-corrected chi connectivity index (χ2v) is 8.21. The number of carbonyl (C=O) groups is 2. The predicted octanol–water partition coefficient (Wildman–Crippen LogP) is 5.96. The van der Waals surface area contributed by atoms with E-state index in [1.807, 2.05) is 6.92 Å². The van der Waals surface area contributed by atoms with Gasteiger partial charge >= 0.3 is 11.9 Å². The third-order valence-corrected chi connectivity index (χ3v) is 5.44. The van der Waals surface area contributed by atoms with Crippen LogP contribution in [-0.2, 0) is 19.1 Å². The van der Waals surface area contributed by atoms with Crippen molar-refractivity contribution in [1.82, 2.24) is 0 Å². The van der Waals surface area contributed by atoms with Crippen LogP contribution in [0.25, 0.3) is 0 Å². The fourth-order valence-electron chi connectivity index (χ4n) is 3.41. The third kappa shape index (κ3) is 20.0. The first kappa shape index (κ1) is 27.9. The van der Waals surface area contributed by atoms with Crippen LogP contribution in [0.3, 0.4) is 0 Å². The second-order valence-electron chi connectivity index (χ2n) is 8.21. The normalized spacial score (nSPS) is 12.0. The van der Waals surface area contributed by atoms with Crippen molar-refractivity contribution in [2.24, 2.45) is 5.92 Å². The van der Waals surface area contributed by atoms with Gasteiger partial charge in [-0.25, -0.2) is 0 Å². The van der Waals surface area contributed by atoms with Crippen LogP contribution >= 0.6 is 0 Å². The first-order valence-corrected chi connectivity index (χ1v) is 12.0. The number of carbonyl (C=O) groups excluding carboxylic acids is 2. The van der Waals surface area contributed by atoms with Crippen molar-refractivity contribution in [1.29, 1.82) is 0 Å². The molecule has 0 aromatic carbocycles. The summed E-state index contributed by atoms with van der Waals surface area (Å²) in [6, 6.07) is 0. The van der Waals surface area contributed by atoms with Crippen LogP contribution in [0.5, 0.6) is 0 Å². The fraction of sp³-hybridized carbons (Fsp3) is 0.917. The number of esters is 2.